The number of aliphatic hydroxyl groups is 2. The zero-order valence-electron chi connectivity index (χ0n) is 32.5. The lowest BCUT2D eigenvalue weighted by atomic mass is 9.52. The summed E-state index contributed by atoms with van der Waals surface area (Å²) in [5, 5.41) is 25.9. The minimum absolute atomic E-state index is 0.0683. The molecule has 11 atom stereocenters. The van der Waals surface area contributed by atoms with Crippen LogP contribution in [0.3, 0.4) is 0 Å². The van der Waals surface area contributed by atoms with Crippen molar-refractivity contribution < 1.29 is 34.0 Å². The molecule has 6 rings (SSSR count). The molecule has 4 aliphatic carbocycles. The number of nitrogens with one attached hydrogen (secondary N) is 1. The maximum atomic E-state index is 12.9. The highest BCUT2D eigenvalue weighted by molar-refractivity contribution is 5.67. The summed E-state index contributed by atoms with van der Waals surface area (Å²) in [5.74, 6) is 1.13. The van der Waals surface area contributed by atoms with Crippen LogP contribution < -0.4 is 5.32 Å². The van der Waals surface area contributed by atoms with Crippen molar-refractivity contribution in [2.24, 2.45) is 44.8 Å². The van der Waals surface area contributed by atoms with Gasteiger partial charge in [-0.1, -0.05) is 48.0 Å². The number of alkyl carbamates (subject to hydrolysis) is 1. The number of amides is 1. The van der Waals surface area contributed by atoms with E-state index in [1.807, 2.05) is 6.92 Å². The van der Waals surface area contributed by atoms with Crippen LogP contribution in [0.5, 0.6) is 0 Å². The van der Waals surface area contributed by atoms with Crippen molar-refractivity contribution in [3.63, 3.8) is 0 Å². The average Bonchev–Trinajstić information content (AvgIpc) is 3.64. The summed E-state index contributed by atoms with van der Waals surface area (Å²) in [6.45, 7) is 23.4. The topological polar surface area (TPSA) is 110 Å². The Morgan fingerprint density at radius 2 is 1.82 bits per heavy atom. The van der Waals surface area contributed by atoms with Crippen LogP contribution in [0.1, 0.15) is 120 Å². The molecule has 9 nitrogen and oxygen atoms in total. The van der Waals surface area contributed by atoms with E-state index in [4.69, 9.17) is 18.9 Å². The number of carbonyl (C=O) groups excluding carboxylic acids is 1. The number of methoxy groups -OCH3 is 1. The predicted octanol–water partition coefficient (Wildman–Crippen LogP) is 6.18. The zero-order valence-corrected chi connectivity index (χ0v) is 32.5. The third-order valence-electron chi connectivity index (χ3n) is 15.8. The molecule has 3 N–H and O–H groups in total. The third kappa shape index (κ3) is 6.20. The Kier molecular flexibility index (Phi) is 10.1. The van der Waals surface area contributed by atoms with E-state index < -0.39 is 17.8 Å². The molecule has 0 aromatic rings. The fourth-order valence-electron chi connectivity index (χ4n) is 12.7. The van der Waals surface area contributed by atoms with Crippen molar-refractivity contribution in [1.82, 2.24) is 10.2 Å². The summed E-state index contributed by atoms with van der Waals surface area (Å²) >= 11 is 0. The second kappa shape index (κ2) is 13.2. The number of nitrogens with zero attached hydrogens (tertiary/aromatic N) is 1. The quantitative estimate of drug-likeness (QED) is 0.223. The molecular weight excluding hydrogens is 620 g/mol. The summed E-state index contributed by atoms with van der Waals surface area (Å²) in [7, 11) is 1.75. The fourth-order valence-corrected chi connectivity index (χ4v) is 12.7. The highest BCUT2D eigenvalue weighted by Crippen LogP contribution is 2.82. The van der Waals surface area contributed by atoms with Gasteiger partial charge in [0.2, 0.25) is 0 Å². The maximum Gasteiger partial charge on any atom is 0.407 e. The molecule has 2 heterocycles. The van der Waals surface area contributed by atoms with Gasteiger partial charge in [-0.3, -0.25) is 4.90 Å². The van der Waals surface area contributed by atoms with E-state index in [0.717, 1.165) is 45.3 Å². The van der Waals surface area contributed by atoms with E-state index in [0.29, 0.717) is 41.9 Å². The Balaban J connectivity index is 1.11. The maximum absolute atomic E-state index is 12.9. The number of carbonyl (C=O) groups is 1. The molecule has 0 radical (unpaired) electrons. The van der Waals surface area contributed by atoms with Crippen molar-refractivity contribution in [2.45, 2.75) is 162 Å². The van der Waals surface area contributed by atoms with Crippen molar-refractivity contribution in [3.8, 4) is 0 Å². The highest BCUT2D eigenvalue weighted by Gasteiger charge is 2.75. The van der Waals surface area contributed by atoms with Gasteiger partial charge >= 0.3 is 6.09 Å². The van der Waals surface area contributed by atoms with Crippen molar-refractivity contribution in [1.29, 1.82) is 0 Å². The predicted molar refractivity (Wildman–Crippen MR) is 190 cm³/mol. The van der Waals surface area contributed by atoms with Gasteiger partial charge < -0.3 is 34.5 Å². The molecule has 1 spiro atoms. The van der Waals surface area contributed by atoms with Gasteiger partial charge in [0.15, 0.2) is 0 Å². The zero-order chi connectivity index (χ0) is 35.8. The molecular formula is C40H70N2O7. The lowest BCUT2D eigenvalue weighted by molar-refractivity contribution is -0.215. The molecule has 9 heteroatoms. The van der Waals surface area contributed by atoms with Crippen LogP contribution in [-0.2, 0) is 18.9 Å². The van der Waals surface area contributed by atoms with Crippen molar-refractivity contribution in [3.05, 3.63) is 0 Å². The molecule has 6 fully saturated rings. The smallest absolute Gasteiger partial charge is 0.407 e. The van der Waals surface area contributed by atoms with Crippen LogP contribution in [0.4, 0.5) is 4.79 Å². The van der Waals surface area contributed by atoms with Gasteiger partial charge in [0.1, 0.15) is 12.2 Å². The minimum Gasteiger partial charge on any atom is -0.446 e. The van der Waals surface area contributed by atoms with Crippen LogP contribution in [0.2, 0.25) is 0 Å². The number of aliphatic hydroxyl groups excluding tert-OH is 1. The van der Waals surface area contributed by atoms with Crippen molar-refractivity contribution >= 4 is 6.09 Å². The number of ether oxygens (including phenoxy) is 4. The van der Waals surface area contributed by atoms with E-state index in [1.165, 1.54) is 32.1 Å². The van der Waals surface area contributed by atoms with E-state index in [1.54, 1.807) is 21.0 Å². The summed E-state index contributed by atoms with van der Waals surface area (Å²) in [6, 6.07) is 0. The standard InChI is InChI=1S/C40H70N2O7/c1-11-47-33(37(7,8)45)27-21-25(2)30-31(48-27)32(43)36(5,6)38(30,9)17-18-39-15-12-13-28-35(3,4)29(14-16-40(28,39)24-39)49-34(44)41-19-20-42-22-26(23-42)46-10/h25-33,43,45H,11-24H2,1-10H3,(H,41,44)/t25-,27?,28+,29+,30+,31?,32+,33+,38-,39?,40-/m1/s1. The van der Waals surface area contributed by atoms with E-state index in [2.05, 4.69) is 51.8 Å². The van der Waals surface area contributed by atoms with Crippen LogP contribution in [0, 0.1) is 44.8 Å². The summed E-state index contributed by atoms with van der Waals surface area (Å²) < 4.78 is 24.4. The fraction of sp³-hybridized carbons (Fsp3) is 0.975. The van der Waals surface area contributed by atoms with Gasteiger partial charge in [-0.15, -0.1) is 0 Å². The Bertz CT molecular complexity index is 1200. The first-order chi connectivity index (χ1) is 22.9. The van der Waals surface area contributed by atoms with Gasteiger partial charge in [-0.05, 0) is 112 Å². The molecule has 1 amide bonds. The van der Waals surface area contributed by atoms with Crippen LogP contribution in [-0.4, -0.2) is 103 Å². The SMILES string of the molecule is CCO[C@@H](C1C[C@@H](C)[C@H]2C(O1)[C@H](O)C(C)(C)[C@]2(C)CCC12CCC[C@H]3C(C)(C)[C@@H](OC(=O)NCCN4CC(OC)C4)CC[C@@]31C2)C(C)(C)O. The monoisotopic (exact) mass is 691 g/mol. The Morgan fingerprint density at radius 3 is 2.47 bits per heavy atom. The number of hydrogen-bond donors (Lipinski definition) is 3. The van der Waals surface area contributed by atoms with Gasteiger partial charge in [0, 0.05) is 45.3 Å². The molecule has 0 bridgehead atoms. The lowest BCUT2D eigenvalue weighted by Gasteiger charge is -2.54. The summed E-state index contributed by atoms with van der Waals surface area (Å²) in [4.78, 5) is 15.2. The number of likely N-dealkylation sites (tertiary alicyclic amines) is 1. The Morgan fingerprint density at radius 1 is 1.10 bits per heavy atom. The second-order valence-corrected chi connectivity index (χ2v) is 19.3. The molecule has 4 saturated carbocycles. The number of hydrogen-bond acceptors (Lipinski definition) is 8. The van der Waals surface area contributed by atoms with Crippen molar-refractivity contribution in [2.75, 3.05) is 39.9 Å². The van der Waals surface area contributed by atoms with Crippen LogP contribution >= 0.6 is 0 Å². The highest BCUT2D eigenvalue weighted by atomic mass is 16.6. The van der Waals surface area contributed by atoms with Gasteiger partial charge in [-0.25, -0.2) is 4.79 Å². The number of rotatable bonds is 12. The number of fused-ring (bicyclic) bond motifs is 1. The molecule has 6 aliphatic rings. The van der Waals surface area contributed by atoms with E-state index in [9.17, 15) is 15.0 Å². The minimum atomic E-state index is -1.03. The second-order valence-electron chi connectivity index (χ2n) is 19.3. The van der Waals surface area contributed by atoms with Gasteiger partial charge in [-0.2, -0.15) is 0 Å². The van der Waals surface area contributed by atoms with E-state index >= 15 is 0 Å². The third-order valence-corrected chi connectivity index (χ3v) is 15.8. The van der Waals surface area contributed by atoms with Crippen LogP contribution in [0.25, 0.3) is 0 Å². The van der Waals surface area contributed by atoms with Gasteiger partial charge in [0.25, 0.3) is 0 Å². The Labute approximate surface area is 296 Å². The Hall–Kier alpha value is -0.970. The largest absolute Gasteiger partial charge is 0.446 e. The van der Waals surface area contributed by atoms with Crippen LogP contribution in [0.15, 0.2) is 0 Å². The molecule has 49 heavy (non-hydrogen) atoms. The molecule has 282 valence electrons. The van der Waals surface area contributed by atoms with Gasteiger partial charge in [0.05, 0.1) is 30.0 Å². The molecule has 2 aliphatic heterocycles. The summed E-state index contributed by atoms with van der Waals surface area (Å²) in [6.07, 6.45) is 8.62. The first kappa shape index (κ1) is 37.8. The first-order valence-electron chi connectivity index (χ1n) is 19.7. The molecule has 3 unspecified atom stereocenters. The normalized spacial score (nSPS) is 43.5. The summed E-state index contributed by atoms with van der Waals surface area (Å²) in [5.41, 5.74) is -0.838. The molecule has 2 saturated heterocycles. The lowest BCUT2D eigenvalue weighted by Crippen LogP contribution is -2.55. The molecule has 0 aromatic heterocycles. The van der Waals surface area contributed by atoms with E-state index in [-0.39, 0.29) is 46.6 Å². The molecule has 0 aromatic carbocycles. The first-order valence-corrected chi connectivity index (χ1v) is 19.7. The average molecular weight is 691 g/mol.